The Kier molecular flexibility index (Phi) is 4.79. The van der Waals surface area contributed by atoms with Gasteiger partial charge in [-0.15, -0.1) is 5.10 Å². The van der Waals surface area contributed by atoms with E-state index in [2.05, 4.69) is 56.6 Å². The molecular formula is C23H23N5O. The van der Waals surface area contributed by atoms with Crippen LogP contribution in [0.15, 0.2) is 66.9 Å². The van der Waals surface area contributed by atoms with Crippen LogP contribution in [0.4, 0.5) is 0 Å². The lowest BCUT2D eigenvalue weighted by molar-refractivity contribution is -0.0346. The number of benzene rings is 1. The minimum absolute atomic E-state index is 0.0892. The van der Waals surface area contributed by atoms with Gasteiger partial charge in [-0.3, -0.25) is 9.88 Å². The fourth-order valence-corrected chi connectivity index (χ4v) is 3.87. The molecule has 4 aromatic rings. The number of rotatable bonds is 4. The van der Waals surface area contributed by atoms with Crippen LogP contribution in [0.1, 0.15) is 23.2 Å². The van der Waals surface area contributed by atoms with Gasteiger partial charge in [0.2, 0.25) is 0 Å². The molecule has 146 valence electrons. The fourth-order valence-electron chi connectivity index (χ4n) is 3.87. The maximum Gasteiger partial charge on any atom is 0.121 e. The highest BCUT2D eigenvalue weighted by atomic mass is 16.5. The van der Waals surface area contributed by atoms with E-state index in [1.54, 1.807) is 0 Å². The SMILES string of the molecule is Cc1cccc(CN2CCO[C@H](c3nnn4cc(-c5ccccc5)ccc34)C2)n1. The van der Waals surface area contributed by atoms with E-state index in [0.717, 1.165) is 53.4 Å². The first-order valence-corrected chi connectivity index (χ1v) is 9.93. The molecule has 0 bridgehead atoms. The average Bonchev–Trinajstić information content (AvgIpc) is 3.18. The Morgan fingerprint density at radius 2 is 1.90 bits per heavy atom. The van der Waals surface area contributed by atoms with Crippen molar-refractivity contribution in [2.75, 3.05) is 19.7 Å². The van der Waals surface area contributed by atoms with E-state index in [1.165, 1.54) is 0 Å². The molecule has 1 aromatic carbocycles. The van der Waals surface area contributed by atoms with Gasteiger partial charge < -0.3 is 4.74 Å². The molecule has 4 heterocycles. The summed E-state index contributed by atoms with van der Waals surface area (Å²) >= 11 is 0. The van der Waals surface area contributed by atoms with E-state index in [1.807, 2.05) is 41.9 Å². The summed E-state index contributed by atoms with van der Waals surface area (Å²) in [5.74, 6) is 0. The van der Waals surface area contributed by atoms with Gasteiger partial charge in [0.15, 0.2) is 0 Å². The predicted molar refractivity (Wildman–Crippen MR) is 111 cm³/mol. The zero-order valence-electron chi connectivity index (χ0n) is 16.4. The number of pyridine rings is 2. The Bertz CT molecular complexity index is 1120. The van der Waals surface area contributed by atoms with Crippen molar-refractivity contribution in [1.29, 1.82) is 0 Å². The van der Waals surface area contributed by atoms with E-state index in [9.17, 15) is 0 Å². The van der Waals surface area contributed by atoms with Gasteiger partial charge in [-0.1, -0.05) is 47.7 Å². The van der Waals surface area contributed by atoms with Gasteiger partial charge in [0, 0.05) is 37.1 Å². The summed E-state index contributed by atoms with van der Waals surface area (Å²) in [6, 6.07) is 20.7. The first-order valence-electron chi connectivity index (χ1n) is 9.93. The molecule has 1 atom stereocenters. The van der Waals surface area contributed by atoms with Crippen LogP contribution in [0.2, 0.25) is 0 Å². The van der Waals surface area contributed by atoms with Crippen molar-refractivity contribution in [3.63, 3.8) is 0 Å². The summed E-state index contributed by atoms with van der Waals surface area (Å²) in [7, 11) is 0. The molecule has 0 spiro atoms. The number of hydrogen-bond donors (Lipinski definition) is 0. The monoisotopic (exact) mass is 385 g/mol. The molecule has 6 nitrogen and oxygen atoms in total. The summed E-state index contributed by atoms with van der Waals surface area (Å²) in [6.45, 7) is 5.20. The molecule has 6 heteroatoms. The number of nitrogens with zero attached hydrogens (tertiary/aromatic N) is 5. The largest absolute Gasteiger partial charge is 0.369 e. The quantitative estimate of drug-likeness (QED) is 0.536. The molecule has 3 aromatic heterocycles. The van der Waals surface area contributed by atoms with E-state index >= 15 is 0 Å². The molecule has 0 saturated carbocycles. The normalized spacial score (nSPS) is 17.6. The summed E-state index contributed by atoms with van der Waals surface area (Å²) in [5.41, 5.74) is 6.30. The smallest absolute Gasteiger partial charge is 0.121 e. The number of aromatic nitrogens is 4. The van der Waals surface area contributed by atoms with Crippen LogP contribution in [0, 0.1) is 6.92 Å². The molecule has 1 aliphatic heterocycles. The van der Waals surface area contributed by atoms with Crippen LogP contribution in [0.25, 0.3) is 16.6 Å². The Morgan fingerprint density at radius 3 is 2.76 bits per heavy atom. The third-order valence-electron chi connectivity index (χ3n) is 5.33. The van der Waals surface area contributed by atoms with Crippen LogP contribution in [0.3, 0.4) is 0 Å². The molecule has 29 heavy (non-hydrogen) atoms. The van der Waals surface area contributed by atoms with Crippen molar-refractivity contribution < 1.29 is 4.74 Å². The number of morpholine rings is 1. The topological polar surface area (TPSA) is 55.5 Å². The van der Waals surface area contributed by atoms with Gasteiger partial charge in [0.05, 0.1) is 17.8 Å². The predicted octanol–water partition coefficient (Wildman–Crippen LogP) is 3.67. The lowest BCUT2D eigenvalue weighted by Gasteiger charge is -2.31. The number of ether oxygens (including phenoxy) is 1. The maximum atomic E-state index is 6.06. The second-order valence-electron chi connectivity index (χ2n) is 7.45. The first kappa shape index (κ1) is 18.0. The van der Waals surface area contributed by atoms with Gasteiger partial charge >= 0.3 is 0 Å². The second-order valence-corrected chi connectivity index (χ2v) is 7.45. The van der Waals surface area contributed by atoms with Crippen molar-refractivity contribution in [2.45, 2.75) is 19.6 Å². The second kappa shape index (κ2) is 7.73. The minimum Gasteiger partial charge on any atom is -0.369 e. The van der Waals surface area contributed by atoms with Crippen molar-refractivity contribution in [3.05, 3.63) is 83.9 Å². The van der Waals surface area contributed by atoms with Crippen molar-refractivity contribution >= 4 is 5.52 Å². The zero-order chi connectivity index (χ0) is 19.6. The standard InChI is InChI=1S/C23H23N5O/c1-17-6-5-9-20(24-17)15-27-12-13-29-22(16-27)23-21-11-10-19(14-28(21)26-25-23)18-7-3-2-4-8-18/h2-11,14,22H,12-13,15-16H2,1H3/t22-/m0/s1. The Labute approximate surface area is 169 Å². The van der Waals surface area contributed by atoms with Crippen LogP contribution < -0.4 is 0 Å². The summed E-state index contributed by atoms with van der Waals surface area (Å²) in [6.07, 6.45) is 1.94. The van der Waals surface area contributed by atoms with Gasteiger partial charge in [-0.05, 0) is 30.7 Å². The van der Waals surface area contributed by atoms with Crippen LogP contribution in [0.5, 0.6) is 0 Å². The number of hydrogen-bond acceptors (Lipinski definition) is 5. The van der Waals surface area contributed by atoms with E-state index < -0.39 is 0 Å². The van der Waals surface area contributed by atoms with Gasteiger partial charge in [0.25, 0.3) is 0 Å². The van der Waals surface area contributed by atoms with Crippen LogP contribution >= 0.6 is 0 Å². The lowest BCUT2D eigenvalue weighted by Crippen LogP contribution is -2.38. The highest BCUT2D eigenvalue weighted by Gasteiger charge is 2.26. The lowest BCUT2D eigenvalue weighted by atomic mass is 10.1. The molecule has 5 rings (SSSR count). The first-order chi connectivity index (χ1) is 14.3. The number of aryl methyl sites for hydroxylation is 1. The Morgan fingerprint density at radius 1 is 1.00 bits per heavy atom. The molecular weight excluding hydrogens is 362 g/mol. The van der Waals surface area contributed by atoms with Gasteiger partial charge in [0.1, 0.15) is 11.8 Å². The van der Waals surface area contributed by atoms with Crippen molar-refractivity contribution in [3.8, 4) is 11.1 Å². The molecule has 0 N–H and O–H groups in total. The van der Waals surface area contributed by atoms with Crippen molar-refractivity contribution in [2.24, 2.45) is 0 Å². The third-order valence-corrected chi connectivity index (χ3v) is 5.33. The van der Waals surface area contributed by atoms with Crippen LogP contribution in [-0.2, 0) is 11.3 Å². The van der Waals surface area contributed by atoms with Gasteiger partial charge in [-0.2, -0.15) is 0 Å². The average molecular weight is 385 g/mol. The molecule has 0 radical (unpaired) electrons. The van der Waals surface area contributed by atoms with Crippen LogP contribution in [-0.4, -0.2) is 44.4 Å². The maximum absolute atomic E-state index is 6.06. The summed E-state index contributed by atoms with van der Waals surface area (Å²) < 4.78 is 7.91. The molecule has 1 aliphatic rings. The highest BCUT2D eigenvalue weighted by Crippen LogP contribution is 2.27. The fraction of sp³-hybridized carbons (Fsp3) is 0.261. The zero-order valence-corrected chi connectivity index (χ0v) is 16.4. The highest BCUT2D eigenvalue weighted by molar-refractivity contribution is 5.66. The summed E-state index contributed by atoms with van der Waals surface area (Å²) in [5, 5.41) is 8.81. The minimum atomic E-state index is -0.0892. The third kappa shape index (κ3) is 3.77. The molecule has 0 amide bonds. The molecule has 1 saturated heterocycles. The van der Waals surface area contributed by atoms with E-state index in [0.29, 0.717) is 6.61 Å². The Hall–Kier alpha value is -3.09. The van der Waals surface area contributed by atoms with E-state index in [-0.39, 0.29) is 6.10 Å². The molecule has 0 unspecified atom stereocenters. The molecule has 1 fully saturated rings. The molecule has 0 aliphatic carbocycles. The number of fused-ring (bicyclic) bond motifs is 1. The van der Waals surface area contributed by atoms with Gasteiger partial charge in [-0.25, -0.2) is 4.52 Å². The Balaban J connectivity index is 1.37. The summed E-state index contributed by atoms with van der Waals surface area (Å²) in [4.78, 5) is 7.00. The van der Waals surface area contributed by atoms with Crippen molar-refractivity contribution in [1.82, 2.24) is 24.7 Å². The van der Waals surface area contributed by atoms with E-state index in [4.69, 9.17) is 4.74 Å².